The van der Waals surface area contributed by atoms with Crippen LogP contribution in [0.4, 0.5) is 0 Å². The Kier molecular flexibility index (Phi) is 5.77. The topological polar surface area (TPSA) is 103 Å². The van der Waals surface area contributed by atoms with Gasteiger partial charge in [-0.25, -0.2) is 0 Å². The fraction of sp³-hybridized carbons (Fsp3) is 0.478. The fourth-order valence-electron chi connectivity index (χ4n) is 5.36. The van der Waals surface area contributed by atoms with E-state index in [4.69, 9.17) is 22.1 Å². The lowest BCUT2D eigenvalue weighted by Crippen LogP contribution is -2.45. The van der Waals surface area contributed by atoms with E-state index in [1.54, 1.807) is 17.3 Å². The highest BCUT2D eigenvalue weighted by atomic mass is 35.5. The van der Waals surface area contributed by atoms with Crippen LogP contribution in [0.1, 0.15) is 46.8 Å². The molecule has 1 aliphatic carbocycles. The molecule has 0 aromatic carbocycles. The zero-order valence-electron chi connectivity index (χ0n) is 17.4. The molecule has 0 unspecified atom stereocenters. The second kappa shape index (κ2) is 8.57. The van der Waals surface area contributed by atoms with E-state index in [0.717, 1.165) is 36.1 Å². The molecule has 0 bridgehead atoms. The van der Waals surface area contributed by atoms with Crippen molar-refractivity contribution in [1.82, 2.24) is 9.88 Å². The summed E-state index contributed by atoms with van der Waals surface area (Å²) in [5, 5.41) is -0.427. The van der Waals surface area contributed by atoms with E-state index in [1.165, 1.54) is 11.3 Å². The average molecular weight is 474 g/mol. The predicted molar refractivity (Wildman–Crippen MR) is 121 cm³/mol. The SMILES string of the molecule is NC(=O)c1sc(-c2cccnc2)cc1[C@@H](C(=O)N1C[C@H](Cl)[C@H]2OCC(=O)[C@H]21)C1CCCC1. The summed E-state index contributed by atoms with van der Waals surface area (Å²) < 4.78 is 5.56. The van der Waals surface area contributed by atoms with E-state index >= 15 is 0 Å². The van der Waals surface area contributed by atoms with Gasteiger partial charge in [0.05, 0.1) is 16.2 Å². The number of alkyl halides is 1. The summed E-state index contributed by atoms with van der Waals surface area (Å²) in [4.78, 5) is 45.9. The van der Waals surface area contributed by atoms with Gasteiger partial charge in [0.1, 0.15) is 18.8 Å². The second-order valence-electron chi connectivity index (χ2n) is 8.72. The van der Waals surface area contributed by atoms with Crippen molar-refractivity contribution in [3.63, 3.8) is 0 Å². The average Bonchev–Trinajstić information content (AvgIpc) is 3.56. The number of carbonyl (C=O) groups excluding carboxylic acids is 3. The zero-order valence-corrected chi connectivity index (χ0v) is 19.0. The van der Waals surface area contributed by atoms with Crippen molar-refractivity contribution in [3.05, 3.63) is 41.0 Å². The number of ketones is 1. The van der Waals surface area contributed by atoms with E-state index in [0.29, 0.717) is 10.4 Å². The van der Waals surface area contributed by atoms with Crippen LogP contribution < -0.4 is 5.73 Å². The zero-order chi connectivity index (χ0) is 22.4. The summed E-state index contributed by atoms with van der Waals surface area (Å²) in [6.07, 6.45) is 6.79. The smallest absolute Gasteiger partial charge is 0.259 e. The highest BCUT2D eigenvalue weighted by Crippen LogP contribution is 2.45. The molecule has 2 aromatic rings. The number of pyridine rings is 1. The summed E-state index contributed by atoms with van der Waals surface area (Å²) in [6, 6.07) is 5.00. The third kappa shape index (κ3) is 3.64. The quantitative estimate of drug-likeness (QED) is 0.672. The monoisotopic (exact) mass is 473 g/mol. The molecule has 3 fully saturated rings. The third-order valence-electron chi connectivity index (χ3n) is 6.81. The summed E-state index contributed by atoms with van der Waals surface area (Å²) >= 11 is 7.73. The van der Waals surface area contributed by atoms with Gasteiger partial charge in [0.15, 0.2) is 5.78 Å². The Bertz CT molecular complexity index is 1050. The minimum absolute atomic E-state index is 0.0213. The number of thiophene rings is 1. The Morgan fingerprint density at radius 3 is 2.78 bits per heavy atom. The normalized spacial score (nSPS) is 26.5. The van der Waals surface area contributed by atoms with Gasteiger partial charge in [0, 0.05) is 29.4 Å². The molecule has 32 heavy (non-hydrogen) atoms. The summed E-state index contributed by atoms with van der Waals surface area (Å²) in [7, 11) is 0. The molecule has 2 aromatic heterocycles. The van der Waals surface area contributed by atoms with Crippen LogP contribution >= 0.6 is 22.9 Å². The van der Waals surface area contributed by atoms with Crippen LogP contribution in [-0.4, -0.2) is 58.2 Å². The predicted octanol–water partition coefficient (Wildman–Crippen LogP) is 2.97. The Hall–Kier alpha value is -2.29. The molecule has 5 rings (SSSR count). The van der Waals surface area contributed by atoms with Crippen LogP contribution in [0.5, 0.6) is 0 Å². The molecular formula is C23H24ClN3O4S. The molecule has 2 N–H and O–H groups in total. The van der Waals surface area contributed by atoms with Crippen LogP contribution in [0, 0.1) is 5.92 Å². The molecule has 2 amide bonds. The van der Waals surface area contributed by atoms with Gasteiger partial charge in [-0.1, -0.05) is 18.9 Å². The van der Waals surface area contributed by atoms with Gasteiger partial charge in [-0.05, 0) is 36.5 Å². The largest absolute Gasteiger partial charge is 0.366 e. The van der Waals surface area contributed by atoms with Gasteiger partial charge in [-0.3, -0.25) is 19.4 Å². The lowest BCUT2D eigenvalue weighted by Gasteiger charge is -2.30. The van der Waals surface area contributed by atoms with Crippen molar-refractivity contribution in [1.29, 1.82) is 0 Å². The summed E-state index contributed by atoms with van der Waals surface area (Å²) in [5.41, 5.74) is 7.28. The van der Waals surface area contributed by atoms with Crippen molar-refractivity contribution >= 4 is 40.5 Å². The van der Waals surface area contributed by atoms with Gasteiger partial charge in [0.2, 0.25) is 5.91 Å². The molecule has 4 heterocycles. The number of primary amides is 1. The van der Waals surface area contributed by atoms with Gasteiger partial charge in [-0.2, -0.15) is 0 Å². The van der Waals surface area contributed by atoms with E-state index in [-0.39, 0.29) is 30.8 Å². The number of nitrogens with two attached hydrogens (primary N) is 1. The fourth-order valence-corrected chi connectivity index (χ4v) is 6.77. The summed E-state index contributed by atoms with van der Waals surface area (Å²) in [5.74, 6) is -1.29. The Morgan fingerprint density at radius 2 is 2.09 bits per heavy atom. The van der Waals surface area contributed by atoms with E-state index in [1.807, 2.05) is 18.2 Å². The van der Waals surface area contributed by atoms with E-state index in [2.05, 4.69) is 4.98 Å². The lowest BCUT2D eigenvalue weighted by atomic mass is 9.83. The Morgan fingerprint density at radius 1 is 1.31 bits per heavy atom. The second-order valence-corrected chi connectivity index (χ2v) is 10.3. The van der Waals surface area contributed by atoms with Crippen molar-refractivity contribution in [2.45, 2.75) is 49.1 Å². The molecule has 0 spiro atoms. The van der Waals surface area contributed by atoms with Crippen LogP contribution in [0.3, 0.4) is 0 Å². The maximum atomic E-state index is 14.0. The van der Waals surface area contributed by atoms with E-state index in [9.17, 15) is 14.4 Å². The summed E-state index contributed by atoms with van der Waals surface area (Å²) in [6.45, 7) is 0.239. The van der Waals surface area contributed by atoms with Crippen LogP contribution in [0.15, 0.2) is 30.6 Å². The molecule has 0 radical (unpaired) electrons. The number of ether oxygens (including phenoxy) is 1. The number of amides is 2. The number of halogens is 1. The van der Waals surface area contributed by atoms with Crippen LogP contribution in [-0.2, 0) is 14.3 Å². The van der Waals surface area contributed by atoms with Crippen molar-refractivity contribution in [3.8, 4) is 10.4 Å². The minimum Gasteiger partial charge on any atom is -0.366 e. The molecule has 7 nitrogen and oxygen atoms in total. The Labute approximate surface area is 194 Å². The number of aromatic nitrogens is 1. The molecule has 9 heteroatoms. The number of fused-ring (bicyclic) bond motifs is 1. The highest BCUT2D eigenvalue weighted by Gasteiger charge is 2.53. The van der Waals surface area contributed by atoms with Crippen molar-refractivity contribution in [2.24, 2.45) is 11.7 Å². The van der Waals surface area contributed by atoms with Crippen LogP contribution in [0.2, 0.25) is 0 Å². The standard InChI is InChI=1S/C23H24ClN3O4S/c24-15-10-27(19-16(28)11-31-20(15)19)23(30)18(12-4-1-2-5-12)14-8-17(32-21(14)22(25)29)13-6-3-7-26-9-13/h3,6-9,12,15,18-20H,1-2,4-5,10-11H2,(H2,25,29)/t15-,18-,19+,20+/m0/s1. The highest BCUT2D eigenvalue weighted by molar-refractivity contribution is 7.17. The lowest BCUT2D eigenvalue weighted by molar-refractivity contribution is -0.138. The van der Waals surface area contributed by atoms with Gasteiger partial charge >= 0.3 is 0 Å². The number of likely N-dealkylation sites (tertiary alicyclic amines) is 1. The molecule has 4 atom stereocenters. The first-order valence-corrected chi connectivity index (χ1v) is 12.1. The van der Waals surface area contributed by atoms with Crippen molar-refractivity contribution < 1.29 is 19.1 Å². The van der Waals surface area contributed by atoms with E-state index < -0.39 is 29.3 Å². The van der Waals surface area contributed by atoms with Crippen molar-refractivity contribution in [2.75, 3.05) is 13.2 Å². The number of nitrogens with zero attached hydrogens (tertiary/aromatic N) is 2. The third-order valence-corrected chi connectivity index (χ3v) is 8.41. The molecule has 1 saturated carbocycles. The maximum absolute atomic E-state index is 14.0. The first kappa shape index (κ1) is 21.6. The molecular weight excluding hydrogens is 450 g/mol. The van der Waals surface area contributed by atoms with Gasteiger partial charge < -0.3 is 15.4 Å². The Balaban J connectivity index is 1.57. The van der Waals surface area contributed by atoms with Gasteiger partial charge in [0.25, 0.3) is 5.91 Å². The number of hydrogen-bond acceptors (Lipinski definition) is 6. The molecule has 2 saturated heterocycles. The number of Topliss-reactive ketones (excluding diaryl/α,β-unsaturated/α-hetero) is 1. The van der Waals surface area contributed by atoms with Crippen LogP contribution in [0.25, 0.3) is 10.4 Å². The number of hydrogen-bond donors (Lipinski definition) is 1. The first-order chi connectivity index (χ1) is 15.5. The maximum Gasteiger partial charge on any atom is 0.259 e. The number of rotatable bonds is 5. The number of carbonyl (C=O) groups is 3. The molecule has 2 aliphatic heterocycles. The van der Waals surface area contributed by atoms with Gasteiger partial charge in [-0.15, -0.1) is 22.9 Å². The molecule has 3 aliphatic rings. The first-order valence-electron chi connectivity index (χ1n) is 10.9. The minimum atomic E-state index is -0.651. The molecule has 168 valence electrons.